The molecule has 0 aliphatic rings. The fourth-order valence-electron chi connectivity index (χ4n) is 2.85. The molecule has 0 fully saturated rings. The highest BCUT2D eigenvalue weighted by atomic mass is 35.5. The molecule has 0 radical (unpaired) electrons. The summed E-state index contributed by atoms with van der Waals surface area (Å²) < 4.78 is 11.0. The lowest BCUT2D eigenvalue weighted by molar-refractivity contribution is -0.120. The second-order valence-corrected chi connectivity index (χ2v) is 8.42. The largest absolute Gasteiger partial charge is 0.490 e. The maximum atomic E-state index is 12.5. The van der Waals surface area contributed by atoms with Gasteiger partial charge in [-0.3, -0.25) is 9.59 Å². The number of ether oxygens (including phenoxy) is 2. The Morgan fingerprint density at radius 1 is 0.917 bits per heavy atom. The van der Waals surface area contributed by atoms with Crippen molar-refractivity contribution in [1.82, 2.24) is 10.7 Å². The summed E-state index contributed by atoms with van der Waals surface area (Å²) in [4.78, 5) is 36.6. The van der Waals surface area contributed by atoms with E-state index in [1.807, 2.05) is 0 Å². The van der Waals surface area contributed by atoms with Crippen molar-refractivity contribution in [2.45, 2.75) is 6.92 Å². The van der Waals surface area contributed by atoms with E-state index < -0.39 is 17.8 Å². The highest BCUT2D eigenvalue weighted by Crippen LogP contribution is 2.30. The Morgan fingerprint density at radius 3 is 2.33 bits per heavy atom. The van der Waals surface area contributed by atoms with Crippen LogP contribution in [0.4, 0.5) is 0 Å². The van der Waals surface area contributed by atoms with Gasteiger partial charge >= 0.3 is 5.97 Å². The van der Waals surface area contributed by atoms with Crippen LogP contribution in [0.3, 0.4) is 0 Å². The van der Waals surface area contributed by atoms with Crippen molar-refractivity contribution in [3.8, 4) is 11.5 Å². The Labute approximate surface area is 222 Å². The summed E-state index contributed by atoms with van der Waals surface area (Å²) in [5.41, 5.74) is 3.41. The number of hydrazone groups is 1. The summed E-state index contributed by atoms with van der Waals surface area (Å²) in [6.07, 6.45) is 1.38. The fourth-order valence-corrected chi connectivity index (χ4v) is 3.46. The van der Waals surface area contributed by atoms with Crippen LogP contribution in [-0.4, -0.2) is 37.1 Å². The van der Waals surface area contributed by atoms with Gasteiger partial charge in [0.1, 0.15) is 0 Å². The number of carbonyl (C=O) groups is 3. The van der Waals surface area contributed by atoms with Gasteiger partial charge in [0.15, 0.2) is 11.5 Å². The van der Waals surface area contributed by atoms with Crippen molar-refractivity contribution in [3.05, 3.63) is 92.4 Å². The van der Waals surface area contributed by atoms with Gasteiger partial charge < -0.3 is 14.8 Å². The molecule has 0 aliphatic heterocycles. The standard InChI is InChI=1S/C25H20Cl3N3O5/c1-2-35-22-11-15(3-10-21(22)36-25(34)19-9-8-18(27)12-20(19)28)13-30-31-23(32)14-29-24(33)16-4-6-17(26)7-5-16/h3-13H,2,14H2,1H3,(H,29,33)(H,31,32). The first kappa shape index (κ1) is 27.0. The maximum Gasteiger partial charge on any atom is 0.345 e. The van der Waals surface area contributed by atoms with Gasteiger partial charge in [0.05, 0.1) is 30.0 Å². The zero-order valence-electron chi connectivity index (χ0n) is 18.9. The molecule has 0 aromatic heterocycles. The van der Waals surface area contributed by atoms with Crippen molar-refractivity contribution in [2.75, 3.05) is 13.2 Å². The molecule has 0 spiro atoms. The van der Waals surface area contributed by atoms with Crippen LogP contribution >= 0.6 is 34.8 Å². The number of carbonyl (C=O) groups excluding carboxylic acids is 3. The molecule has 186 valence electrons. The van der Waals surface area contributed by atoms with Crippen LogP contribution in [0.5, 0.6) is 11.5 Å². The number of nitrogens with zero attached hydrogens (tertiary/aromatic N) is 1. The predicted octanol–water partition coefficient (Wildman–Crippen LogP) is 5.14. The summed E-state index contributed by atoms with van der Waals surface area (Å²) in [5.74, 6) is -1.14. The van der Waals surface area contributed by atoms with Crippen LogP contribution in [0.2, 0.25) is 15.1 Å². The third-order valence-corrected chi connectivity index (χ3v) is 5.34. The lowest BCUT2D eigenvalue weighted by atomic mass is 10.2. The molecule has 2 N–H and O–H groups in total. The zero-order valence-corrected chi connectivity index (χ0v) is 21.2. The van der Waals surface area contributed by atoms with E-state index in [-0.39, 0.29) is 22.9 Å². The number of halogens is 3. The number of hydrogen-bond acceptors (Lipinski definition) is 6. The molecule has 0 unspecified atom stereocenters. The van der Waals surface area contributed by atoms with Gasteiger partial charge in [-0.05, 0) is 73.2 Å². The SMILES string of the molecule is CCOc1cc(C=NNC(=O)CNC(=O)c2ccc(Cl)cc2)ccc1OC(=O)c1ccc(Cl)cc1Cl. The summed E-state index contributed by atoms with van der Waals surface area (Å²) >= 11 is 17.7. The van der Waals surface area contributed by atoms with Crippen molar-refractivity contribution >= 4 is 58.8 Å². The van der Waals surface area contributed by atoms with Gasteiger partial charge in [0.25, 0.3) is 11.8 Å². The van der Waals surface area contributed by atoms with E-state index in [2.05, 4.69) is 15.8 Å². The molecule has 0 saturated carbocycles. The first-order valence-corrected chi connectivity index (χ1v) is 11.7. The van der Waals surface area contributed by atoms with E-state index in [4.69, 9.17) is 44.3 Å². The third-order valence-electron chi connectivity index (χ3n) is 4.54. The predicted molar refractivity (Wildman–Crippen MR) is 139 cm³/mol. The van der Waals surface area contributed by atoms with Crippen LogP contribution in [0, 0.1) is 0 Å². The van der Waals surface area contributed by atoms with Crippen molar-refractivity contribution in [3.63, 3.8) is 0 Å². The summed E-state index contributed by atoms with van der Waals surface area (Å²) in [7, 11) is 0. The number of amides is 2. The molecule has 3 aromatic carbocycles. The van der Waals surface area contributed by atoms with E-state index in [0.717, 1.165) is 0 Å². The second kappa shape index (κ2) is 12.9. The molecule has 3 aromatic rings. The number of hydrogen-bond donors (Lipinski definition) is 2. The molecule has 0 atom stereocenters. The molecule has 0 saturated heterocycles. The highest BCUT2D eigenvalue weighted by Gasteiger charge is 2.16. The van der Waals surface area contributed by atoms with Crippen LogP contribution < -0.4 is 20.2 Å². The van der Waals surface area contributed by atoms with E-state index in [0.29, 0.717) is 33.5 Å². The van der Waals surface area contributed by atoms with Crippen molar-refractivity contribution < 1.29 is 23.9 Å². The fraction of sp³-hybridized carbons (Fsp3) is 0.120. The summed E-state index contributed by atoms with van der Waals surface area (Å²) in [6, 6.07) is 15.4. The normalized spacial score (nSPS) is 10.7. The van der Waals surface area contributed by atoms with Crippen LogP contribution in [0.25, 0.3) is 0 Å². The second-order valence-electron chi connectivity index (χ2n) is 7.14. The summed E-state index contributed by atoms with van der Waals surface area (Å²) in [5, 5.41) is 7.42. The first-order chi connectivity index (χ1) is 17.3. The zero-order chi connectivity index (χ0) is 26.1. The highest BCUT2D eigenvalue weighted by molar-refractivity contribution is 6.36. The first-order valence-electron chi connectivity index (χ1n) is 10.6. The van der Waals surface area contributed by atoms with Gasteiger partial charge in [0, 0.05) is 15.6 Å². The molecule has 11 heteroatoms. The van der Waals surface area contributed by atoms with Crippen LogP contribution in [0.1, 0.15) is 33.2 Å². The Hall–Kier alpha value is -3.59. The van der Waals surface area contributed by atoms with Gasteiger partial charge in [-0.25, -0.2) is 10.2 Å². The topological polar surface area (TPSA) is 106 Å². The Kier molecular flexibility index (Phi) is 9.69. The molecule has 3 rings (SSSR count). The summed E-state index contributed by atoms with van der Waals surface area (Å²) in [6.45, 7) is 1.82. The van der Waals surface area contributed by atoms with Crippen molar-refractivity contribution in [2.24, 2.45) is 5.10 Å². The molecule has 0 heterocycles. The lowest BCUT2D eigenvalue weighted by Crippen LogP contribution is -2.34. The number of benzene rings is 3. The van der Waals surface area contributed by atoms with E-state index in [9.17, 15) is 14.4 Å². The van der Waals surface area contributed by atoms with Crippen LogP contribution in [-0.2, 0) is 4.79 Å². The van der Waals surface area contributed by atoms with Gasteiger partial charge in [0.2, 0.25) is 0 Å². The monoisotopic (exact) mass is 547 g/mol. The van der Waals surface area contributed by atoms with Gasteiger partial charge in [-0.2, -0.15) is 5.10 Å². The minimum atomic E-state index is -0.674. The Morgan fingerprint density at radius 2 is 1.64 bits per heavy atom. The smallest absolute Gasteiger partial charge is 0.345 e. The Bertz CT molecular complexity index is 1300. The average Bonchev–Trinajstić information content (AvgIpc) is 2.84. The van der Waals surface area contributed by atoms with Gasteiger partial charge in [-0.1, -0.05) is 34.8 Å². The van der Waals surface area contributed by atoms with Gasteiger partial charge in [-0.15, -0.1) is 0 Å². The molecule has 0 bridgehead atoms. The number of nitrogens with one attached hydrogen (secondary N) is 2. The van der Waals surface area contributed by atoms with E-state index in [1.165, 1.54) is 30.5 Å². The van der Waals surface area contributed by atoms with E-state index >= 15 is 0 Å². The number of esters is 1. The van der Waals surface area contributed by atoms with Crippen LogP contribution in [0.15, 0.2) is 65.8 Å². The third kappa shape index (κ3) is 7.71. The minimum absolute atomic E-state index is 0.153. The molecular formula is C25H20Cl3N3O5. The molecule has 36 heavy (non-hydrogen) atoms. The quantitative estimate of drug-likeness (QED) is 0.167. The molecular weight excluding hydrogens is 529 g/mol. The lowest BCUT2D eigenvalue weighted by Gasteiger charge is -2.12. The molecule has 0 aliphatic carbocycles. The van der Waals surface area contributed by atoms with Crippen molar-refractivity contribution in [1.29, 1.82) is 0 Å². The van der Waals surface area contributed by atoms with E-state index in [1.54, 1.807) is 43.3 Å². The molecule has 2 amide bonds. The molecule has 8 nitrogen and oxygen atoms in total. The average molecular weight is 549 g/mol. The number of rotatable bonds is 9. The minimum Gasteiger partial charge on any atom is -0.490 e. The Balaban J connectivity index is 1.59. The maximum absolute atomic E-state index is 12.5.